The van der Waals surface area contributed by atoms with Gasteiger partial charge in [0, 0.05) is 17.3 Å². The zero-order valence-corrected chi connectivity index (χ0v) is 12.1. The summed E-state index contributed by atoms with van der Waals surface area (Å²) >= 11 is 0. The summed E-state index contributed by atoms with van der Waals surface area (Å²) in [5.41, 5.74) is 8.81. The molecule has 1 heterocycles. The normalized spacial score (nSPS) is 11.4. The molecule has 3 aromatic rings. The lowest BCUT2D eigenvalue weighted by Gasteiger charge is -2.08. The number of fused-ring (bicyclic) bond motifs is 1. The zero-order chi connectivity index (χ0) is 15.4. The van der Waals surface area contributed by atoms with E-state index in [1.165, 1.54) is 0 Å². The van der Waals surface area contributed by atoms with E-state index in [2.05, 4.69) is 20.8 Å². The predicted molar refractivity (Wildman–Crippen MR) is 86.8 cm³/mol. The number of aromatic nitrogens is 2. The van der Waals surface area contributed by atoms with Crippen LogP contribution in [0.25, 0.3) is 17.1 Å². The molecule has 0 saturated heterocycles. The minimum atomic E-state index is -0.182. The molecule has 0 fully saturated rings. The first-order chi connectivity index (χ1) is 10.7. The highest BCUT2D eigenvalue weighted by molar-refractivity contribution is 5.93. The van der Waals surface area contributed by atoms with E-state index in [4.69, 9.17) is 0 Å². The number of allylic oxidation sites excluding steroid dienone is 1. The summed E-state index contributed by atoms with van der Waals surface area (Å²) in [6.07, 6.45) is 1.84. The van der Waals surface area contributed by atoms with Crippen molar-refractivity contribution in [1.82, 2.24) is 20.8 Å². The maximum absolute atomic E-state index is 11.9. The third-order valence-electron chi connectivity index (χ3n) is 3.17. The first-order valence-electron chi connectivity index (χ1n) is 6.97. The van der Waals surface area contributed by atoms with Crippen LogP contribution in [-0.4, -0.2) is 15.9 Å². The Kier molecular flexibility index (Phi) is 3.87. The summed E-state index contributed by atoms with van der Waals surface area (Å²) in [5, 5.41) is 0. The molecule has 0 aliphatic rings. The molecule has 0 atom stereocenters. The van der Waals surface area contributed by atoms with Crippen molar-refractivity contribution in [1.29, 1.82) is 0 Å². The van der Waals surface area contributed by atoms with Crippen molar-refractivity contribution in [2.75, 3.05) is 0 Å². The van der Waals surface area contributed by atoms with Gasteiger partial charge in [-0.15, -0.1) is 0 Å². The van der Waals surface area contributed by atoms with Gasteiger partial charge in [-0.25, -0.2) is 4.98 Å². The maximum Gasteiger partial charge on any atom is 0.269 e. The number of hydrogen-bond donors (Lipinski definition) is 3. The van der Waals surface area contributed by atoms with Crippen molar-refractivity contribution in [3.63, 3.8) is 0 Å². The number of H-pyrrole nitrogens is 1. The molecule has 0 aliphatic carbocycles. The second kappa shape index (κ2) is 6.13. The number of rotatable bonds is 4. The van der Waals surface area contributed by atoms with E-state index in [1.807, 2.05) is 55.5 Å². The molecule has 22 heavy (non-hydrogen) atoms. The van der Waals surface area contributed by atoms with Gasteiger partial charge in [-0.2, -0.15) is 0 Å². The second-order valence-corrected chi connectivity index (χ2v) is 4.91. The lowest BCUT2D eigenvalue weighted by molar-refractivity contribution is 0.0939. The number of hydrogen-bond acceptors (Lipinski definition) is 3. The molecular formula is C17H16N4O. The monoisotopic (exact) mass is 292 g/mol. The van der Waals surface area contributed by atoms with Crippen molar-refractivity contribution in [2.24, 2.45) is 0 Å². The number of nitrogens with zero attached hydrogens (tertiary/aromatic N) is 1. The Bertz CT molecular complexity index is 788. The molecule has 0 saturated carbocycles. The summed E-state index contributed by atoms with van der Waals surface area (Å²) in [4.78, 5) is 19.6. The van der Waals surface area contributed by atoms with Crippen LogP contribution in [0.4, 0.5) is 0 Å². The van der Waals surface area contributed by atoms with Crippen molar-refractivity contribution < 1.29 is 4.79 Å². The van der Waals surface area contributed by atoms with E-state index in [-0.39, 0.29) is 5.91 Å². The van der Waals surface area contributed by atoms with Crippen molar-refractivity contribution in [3.05, 3.63) is 71.7 Å². The number of para-hydroxylation sites is 2. The highest BCUT2D eigenvalue weighted by Crippen LogP contribution is 2.11. The molecule has 3 rings (SSSR count). The number of nitrogens with one attached hydrogen (secondary N) is 3. The molecule has 110 valence electrons. The Morgan fingerprint density at radius 3 is 2.55 bits per heavy atom. The lowest BCUT2D eigenvalue weighted by atomic mass is 10.2. The van der Waals surface area contributed by atoms with Gasteiger partial charge in [-0.1, -0.05) is 30.3 Å². The average Bonchev–Trinajstić information content (AvgIpc) is 2.95. The first kappa shape index (κ1) is 13.9. The fraction of sp³-hybridized carbons (Fsp3) is 0.0588. The van der Waals surface area contributed by atoms with Crippen LogP contribution in [0.2, 0.25) is 0 Å². The Balaban J connectivity index is 1.66. The topological polar surface area (TPSA) is 69.8 Å². The zero-order valence-electron chi connectivity index (χ0n) is 12.1. The lowest BCUT2D eigenvalue weighted by Crippen LogP contribution is -2.35. The first-order valence-corrected chi connectivity index (χ1v) is 6.97. The fourth-order valence-corrected chi connectivity index (χ4v) is 2.10. The molecule has 5 nitrogen and oxygen atoms in total. The minimum absolute atomic E-state index is 0.182. The molecule has 1 amide bonds. The fourth-order valence-electron chi connectivity index (χ4n) is 2.10. The van der Waals surface area contributed by atoms with E-state index in [1.54, 1.807) is 12.1 Å². The summed E-state index contributed by atoms with van der Waals surface area (Å²) < 4.78 is 0. The number of carbonyl (C=O) groups excluding carboxylic acids is 1. The van der Waals surface area contributed by atoms with Gasteiger partial charge in [0.05, 0.1) is 11.0 Å². The van der Waals surface area contributed by atoms with E-state index in [0.29, 0.717) is 5.56 Å². The Morgan fingerprint density at radius 1 is 1.05 bits per heavy atom. The van der Waals surface area contributed by atoms with Crippen LogP contribution in [0.3, 0.4) is 0 Å². The van der Waals surface area contributed by atoms with Gasteiger partial charge in [-0.3, -0.25) is 10.2 Å². The van der Waals surface area contributed by atoms with Gasteiger partial charge in [0.15, 0.2) is 0 Å². The quantitative estimate of drug-likeness (QED) is 0.648. The highest BCUT2D eigenvalue weighted by atomic mass is 16.2. The summed E-state index contributed by atoms with van der Waals surface area (Å²) in [6, 6.07) is 16.9. The number of hydrazine groups is 1. The number of imidazole rings is 1. The van der Waals surface area contributed by atoms with Crippen LogP contribution < -0.4 is 10.9 Å². The molecule has 1 aromatic heterocycles. The molecule has 3 N–H and O–H groups in total. The summed E-state index contributed by atoms with van der Waals surface area (Å²) in [5.74, 6) is 0.554. The molecule has 5 heteroatoms. The van der Waals surface area contributed by atoms with E-state index >= 15 is 0 Å². The van der Waals surface area contributed by atoms with Crippen molar-refractivity contribution in [2.45, 2.75) is 6.92 Å². The van der Waals surface area contributed by atoms with Gasteiger partial charge < -0.3 is 10.4 Å². The predicted octanol–water partition coefficient (Wildman–Crippen LogP) is 2.86. The molecule has 2 aromatic carbocycles. The molecule has 0 aliphatic heterocycles. The number of benzene rings is 2. The Morgan fingerprint density at radius 2 is 1.77 bits per heavy atom. The number of aromatic amines is 1. The third kappa shape index (κ3) is 3.15. The minimum Gasteiger partial charge on any atom is -0.338 e. The summed E-state index contributed by atoms with van der Waals surface area (Å²) in [6.45, 7) is 1.86. The van der Waals surface area contributed by atoms with Crippen LogP contribution in [0.1, 0.15) is 23.1 Å². The highest BCUT2D eigenvalue weighted by Gasteiger charge is 2.04. The van der Waals surface area contributed by atoms with Gasteiger partial charge in [0.2, 0.25) is 0 Å². The number of amides is 1. The van der Waals surface area contributed by atoms with E-state index in [0.717, 1.165) is 22.6 Å². The van der Waals surface area contributed by atoms with E-state index in [9.17, 15) is 4.79 Å². The largest absolute Gasteiger partial charge is 0.338 e. The molecule has 0 unspecified atom stereocenters. The average molecular weight is 292 g/mol. The SMILES string of the molecule is C/C(=C/c1nc2ccccc2[nH]1)NNC(=O)c1ccccc1. The van der Waals surface area contributed by atoms with Gasteiger partial charge in [0.1, 0.15) is 5.82 Å². The van der Waals surface area contributed by atoms with Crippen molar-refractivity contribution >= 4 is 23.0 Å². The van der Waals surface area contributed by atoms with Crippen LogP contribution in [0.5, 0.6) is 0 Å². The smallest absolute Gasteiger partial charge is 0.269 e. The second-order valence-electron chi connectivity index (χ2n) is 4.91. The summed E-state index contributed by atoms with van der Waals surface area (Å²) in [7, 11) is 0. The van der Waals surface area contributed by atoms with Crippen molar-refractivity contribution in [3.8, 4) is 0 Å². The van der Waals surface area contributed by atoms with Gasteiger partial charge >= 0.3 is 0 Å². The van der Waals surface area contributed by atoms with Crippen LogP contribution in [0.15, 0.2) is 60.3 Å². The standard InChI is InChI=1S/C17H16N4O/c1-12(20-21-17(22)13-7-3-2-4-8-13)11-16-18-14-9-5-6-10-15(14)19-16/h2-11,20H,1H3,(H,18,19)(H,21,22)/b12-11-. The third-order valence-corrected chi connectivity index (χ3v) is 3.17. The molecule has 0 radical (unpaired) electrons. The van der Waals surface area contributed by atoms with E-state index < -0.39 is 0 Å². The maximum atomic E-state index is 11.9. The van der Waals surface area contributed by atoms with Gasteiger partial charge in [0.25, 0.3) is 5.91 Å². The molecule has 0 spiro atoms. The number of carbonyl (C=O) groups is 1. The Hall–Kier alpha value is -3.08. The molecule has 0 bridgehead atoms. The van der Waals surface area contributed by atoms with Crippen LogP contribution in [0, 0.1) is 0 Å². The van der Waals surface area contributed by atoms with Crippen LogP contribution >= 0.6 is 0 Å². The van der Waals surface area contributed by atoms with Crippen LogP contribution in [-0.2, 0) is 0 Å². The van der Waals surface area contributed by atoms with Gasteiger partial charge in [-0.05, 0) is 31.2 Å². The Labute approximate surface area is 128 Å². The molecular weight excluding hydrogens is 276 g/mol.